The van der Waals surface area contributed by atoms with Crippen LogP contribution in [0.2, 0.25) is 0 Å². The van der Waals surface area contributed by atoms with E-state index in [0.717, 1.165) is 33.5 Å². The van der Waals surface area contributed by atoms with Crippen LogP contribution in [0.25, 0.3) is 21.5 Å². The van der Waals surface area contributed by atoms with Crippen molar-refractivity contribution in [1.29, 1.82) is 0 Å². The van der Waals surface area contributed by atoms with E-state index in [1.165, 1.54) is 22.4 Å². The van der Waals surface area contributed by atoms with E-state index in [4.69, 9.17) is 0 Å². The molecule has 1 atom stereocenters. The first-order chi connectivity index (χ1) is 24.1. The van der Waals surface area contributed by atoms with Crippen molar-refractivity contribution in [3.8, 4) is 10.7 Å². The van der Waals surface area contributed by atoms with Crippen LogP contribution in [0.3, 0.4) is 0 Å². The highest BCUT2D eigenvalue weighted by molar-refractivity contribution is 7.13. The number of carbonyl (C=O) groups excluding carboxylic acids is 3. The maximum absolute atomic E-state index is 13.7. The largest absolute Gasteiger partial charge is 0.433 e. The highest BCUT2D eigenvalue weighted by Crippen LogP contribution is 2.41. The molecule has 0 radical (unpaired) electrons. The zero-order chi connectivity index (χ0) is 34.6. The minimum Gasteiger partial charge on any atom is -0.354 e. The summed E-state index contributed by atoms with van der Waals surface area (Å²) < 4.78 is 41.0. The number of nitrogens with zero attached hydrogens (tertiary/aromatic N) is 6. The first kappa shape index (κ1) is 32.0. The molecular formula is C36H30F3N7O3S. The average Bonchev–Trinajstić information content (AvgIpc) is 3.75. The summed E-state index contributed by atoms with van der Waals surface area (Å²) in [5.74, 6) is -0.717. The van der Waals surface area contributed by atoms with Crippen molar-refractivity contribution >= 4 is 51.3 Å². The molecule has 2 fully saturated rings. The zero-order valence-electron chi connectivity index (χ0n) is 26.6. The third kappa shape index (κ3) is 5.98. The smallest absolute Gasteiger partial charge is 0.354 e. The van der Waals surface area contributed by atoms with Gasteiger partial charge in [0.1, 0.15) is 11.9 Å². The minimum atomic E-state index is -4.59. The number of hydrogen-bond acceptors (Lipinski definition) is 9. The number of piperidine rings is 1. The molecule has 1 N–H and O–H groups in total. The Kier molecular flexibility index (Phi) is 8.07. The second-order valence-electron chi connectivity index (χ2n) is 12.7. The first-order valence-electron chi connectivity index (χ1n) is 16.2. The predicted molar refractivity (Wildman–Crippen MR) is 182 cm³/mol. The molecule has 3 aromatic carbocycles. The molecule has 1 unspecified atom stereocenters. The normalized spacial score (nSPS) is 18.3. The van der Waals surface area contributed by atoms with Crippen LogP contribution in [-0.2, 0) is 28.7 Å². The van der Waals surface area contributed by atoms with E-state index in [2.05, 4.69) is 49.4 Å². The van der Waals surface area contributed by atoms with Crippen molar-refractivity contribution in [2.75, 3.05) is 36.0 Å². The Hall–Kier alpha value is -5.21. The van der Waals surface area contributed by atoms with Crippen molar-refractivity contribution in [3.63, 3.8) is 0 Å². The Morgan fingerprint density at radius 3 is 2.42 bits per heavy atom. The summed E-state index contributed by atoms with van der Waals surface area (Å²) in [5, 5.41) is 4.14. The summed E-state index contributed by atoms with van der Waals surface area (Å²) in [6.07, 6.45) is -1.99. The van der Waals surface area contributed by atoms with Crippen molar-refractivity contribution < 1.29 is 27.6 Å². The number of alkyl halides is 3. The predicted octanol–water partition coefficient (Wildman–Crippen LogP) is 5.45. The number of imide groups is 1. The number of hydrogen-bond donors (Lipinski definition) is 1. The number of amides is 3. The van der Waals surface area contributed by atoms with Crippen LogP contribution in [0.1, 0.15) is 45.6 Å². The Balaban J connectivity index is 0.935. The molecule has 50 heavy (non-hydrogen) atoms. The lowest BCUT2D eigenvalue weighted by Crippen LogP contribution is -2.53. The van der Waals surface area contributed by atoms with Crippen LogP contribution >= 0.6 is 11.3 Å². The van der Waals surface area contributed by atoms with Gasteiger partial charge in [0.2, 0.25) is 11.8 Å². The lowest BCUT2D eigenvalue weighted by molar-refractivity contribution is -0.141. The molecule has 0 saturated carbocycles. The van der Waals surface area contributed by atoms with Gasteiger partial charge in [-0.05, 0) is 47.1 Å². The number of benzene rings is 3. The van der Waals surface area contributed by atoms with E-state index < -0.39 is 23.8 Å². The van der Waals surface area contributed by atoms with Crippen LogP contribution in [0.4, 0.5) is 24.7 Å². The zero-order valence-corrected chi connectivity index (χ0v) is 27.4. The maximum Gasteiger partial charge on any atom is 0.433 e. The maximum atomic E-state index is 13.7. The molecule has 14 heteroatoms. The van der Waals surface area contributed by atoms with Gasteiger partial charge in [-0.15, -0.1) is 11.3 Å². The van der Waals surface area contributed by atoms with E-state index >= 15 is 0 Å². The fourth-order valence-electron chi connectivity index (χ4n) is 7.01. The molecule has 5 heterocycles. The number of aromatic nitrogens is 3. The van der Waals surface area contributed by atoms with Crippen molar-refractivity contribution in [1.82, 2.24) is 25.2 Å². The number of anilines is 2. The molecule has 10 nitrogen and oxygen atoms in total. The number of rotatable bonds is 7. The van der Waals surface area contributed by atoms with Crippen LogP contribution in [-0.4, -0.2) is 69.8 Å². The van der Waals surface area contributed by atoms with Gasteiger partial charge in [-0.2, -0.15) is 13.2 Å². The molecule has 2 saturated heterocycles. The topological polar surface area (TPSA) is 112 Å². The van der Waals surface area contributed by atoms with Gasteiger partial charge in [-0.1, -0.05) is 42.5 Å². The summed E-state index contributed by atoms with van der Waals surface area (Å²) in [5.41, 5.74) is 5.11. The number of thiazole rings is 1. The van der Waals surface area contributed by atoms with E-state index in [1.807, 2.05) is 29.2 Å². The molecule has 5 aromatic rings. The van der Waals surface area contributed by atoms with Gasteiger partial charge in [0, 0.05) is 62.4 Å². The van der Waals surface area contributed by atoms with Crippen molar-refractivity contribution in [2.24, 2.45) is 0 Å². The second-order valence-corrected chi connectivity index (χ2v) is 13.6. The molecule has 3 aliphatic rings. The van der Waals surface area contributed by atoms with Crippen LogP contribution < -0.4 is 15.1 Å². The fraction of sp³-hybridized carbons (Fsp3) is 0.278. The van der Waals surface area contributed by atoms with Gasteiger partial charge in [0.25, 0.3) is 5.91 Å². The molecule has 0 spiro atoms. The van der Waals surface area contributed by atoms with E-state index in [0.29, 0.717) is 55.3 Å². The minimum absolute atomic E-state index is 0.0274. The van der Waals surface area contributed by atoms with E-state index in [1.54, 1.807) is 11.6 Å². The summed E-state index contributed by atoms with van der Waals surface area (Å²) >= 11 is 1.20. The van der Waals surface area contributed by atoms with Gasteiger partial charge in [0.15, 0.2) is 11.5 Å². The van der Waals surface area contributed by atoms with Crippen molar-refractivity contribution in [2.45, 2.75) is 38.0 Å². The van der Waals surface area contributed by atoms with Crippen LogP contribution in [0.5, 0.6) is 0 Å². The highest BCUT2D eigenvalue weighted by Gasteiger charge is 2.41. The fourth-order valence-corrected chi connectivity index (χ4v) is 7.57. The summed E-state index contributed by atoms with van der Waals surface area (Å²) in [6.45, 7) is 3.10. The molecule has 3 amide bonds. The van der Waals surface area contributed by atoms with Gasteiger partial charge >= 0.3 is 6.18 Å². The first-order valence-corrected chi connectivity index (χ1v) is 17.1. The standard InChI is InChI=1S/C36H30F3N7O3S/c37-36(38,39)29-17-30(42-33(41-29)28-18-40-20-50-28)45-14-12-44(13-15-45)19-22-6-4-21(5-7-22)16-23-8-9-26-32-24(23)2-1-3-25(32)35(49)46(26)27-10-11-31(47)43-34(27)48/h1-9,17-18,20,27H,10-16,19H2,(H,43,47,48). The molecule has 3 aliphatic heterocycles. The second kappa shape index (κ2) is 12.6. The summed E-state index contributed by atoms with van der Waals surface area (Å²) in [6, 6.07) is 18.2. The molecule has 2 aromatic heterocycles. The monoisotopic (exact) mass is 697 g/mol. The van der Waals surface area contributed by atoms with E-state index in [9.17, 15) is 27.6 Å². The van der Waals surface area contributed by atoms with Gasteiger partial charge < -0.3 is 4.90 Å². The molecular weight excluding hydrogens is 668 g/mol. The van der Waals surface area contributed by atoms with Gasteiger partial charge in [-0.3, -0.25) is 34.5 Å². The van der Waals surface area contributed by atoms with Crippen LogP contribution in [0.15, 0.2) is 72.4 Å². The summed E-state index contributed by atoms with van der Waals surface area (Å²) in [7, 11) is 0. The third-order valence-electron chi connectivity index (χ3n) is 9.52. The Bertz CT molecular complexity index is 2130. The quantitative estimate of drug-likeness (QED) is 0.224. The lowest BCUT2D eigenvalue weighted by Gasteiger charge is -2.35. The summed E-state index contributed by atoms with van der Waals surface area (Å²) in [4.78, 5) is 56.2. The SMILES string of the molecule is O=C1CCC(N2C(=O)c3cccc4c(Cc5ccc(CN6CCN(c7cc(C(F)(F)F)nc(-c8cncs8)n7)CC6)cc5)ccc2c34)C(=O)N1. The number of carbonyl (C=O) groups is 3. The van der Waals surface area contributed by atoms with E-state index in [-0.39, 0.29) is 36.3 Å². The van der Waals surface area contributed by atoms with Crippen LogP contribution in [0, 0.1) is 0 Å². The third-order valence-corrected chi connectivity index (χ3v) is 10.3. The number of nitrogens with one attached hydrogen (secondary N) is 1. The van der Waals surface area contributed by atoms with Gasteiger partial charge in [0.05, 0.1) is 16.1 Å². The lowest BCUT2D eigenvalue weighted by atomic mass is 9.95. The average molecular weight is 698 g/mol. The van der Waals surface area contributed by atoms with Gasteiger partial charge in [-0.25, -0.2) is 9.97 Å². The molecule has 0 bridgehead atoms. The number of piperazine rings is 1. The highest BCUT2D eigenvalue weighted by atomic mass is 32.1. The van der Waals surface area contributed by atoms with Crippen molar-refractivity contribution in [3.05, 3.63) is 100 Å². The molecule has 254 valence electrons. The molecule has 8 rings (SSSR count). The Morgan fingerprint density at radius 1 is 0.920 bits per heavy atom. The molecule has 0 aliphatic carbocycles. The Morgan fingerprint density at radius 2 is 1.70 bits per heavy atom. The Labute approximate surface area is 288 Å². The number of halogens is 3.